The number of hydrogen-bond donors (Lipinski definition) is 0. The number of allylic oxidation sites excluding steroid dienone is 2. The fourth-order valence-corrected chi connectivity index (χ4v) is 2.66. The van der Waals surface area contributed by atoms with Crippen LogP contribution in [0, 0.1) is 10.1 Å². The highest BCUT2D eigenvalue weighted by Gasteiger charge is 2.53. The van der Waals surface area contributed by atoms with Crippen LogP contribution in [0.25, 0.3) is 6.08 Å². The molecule has 0 fully saturated rings. The molecule has 0 bridgehead atoms. The third-order valence-electron chi connectivity index (χ3n) is 4.00. The van der Waals surface area contributed by atoms with Crippen LogP contribution in [0.1, 0.15) is 12.0 Å². The number of nitro groups is 1. The molecule has 25 heavy (non-hydrogen) atoms. The molecule has 0 amide bonds. The molecule has 1 unspecified atom stereocenters. The summed E-state index contributed by atoms with van der Waals surface area (Å²) in [5, 5.41) is 11.7. The van der Waals surface area contributed by atoms with Gasteiger partial charge in [-0.15, -0.1) is 0 Å². The lowest BCUT2D eigenvalue weighted by atomic mass is 9.93. The summed E-state index contributed by atoms with van der Waals surface area (Å²) in [5.74, 6) is 1.07. The molecule has 1 aromatic rings. The van der Waals surface area contributed by atoms with E-state index in [0.29, 0.717) is 5.57 Å². The van der Waals surface area contributed by atoms with Gasteiger partial charge >= 0.3 is 5.72 Å². The molecule has 1 atom stereocenters. The molecule has 1 aromatic carbocycles. The Labute approximate surface area is 146 Å². The van der Waals surface area contributed by atoms with Gasteiger partial charge in [0.25, 0.3) is 0 Å². The van der Waals surface area contributed by atoms with E-state index in [1.165, 1.54) is 21.3 Å². The first-order valence-electron chi connectivity index (χ1n) is 7.55. The Hall–Kier alpha value is -2.80. The minimum atomic E-state index is -1.81. The number of methoxy groups -OCH3 is 4. The topological polar surface area (TPSA) is 80.1 Å². The van der Waals surface area contributed by atoms with Gasteiger partial charge < -0.3 is 18.9 Å². The van der Waals surface area contributed by atoms with Gasteiger partial charge in [-0.05, 0) is 29.3 Å². The fourth-order valence-electron chi connectivity index (χ4n) is 2.66. The minimum absolute atomic E-state index is 0.0270. The van der Waals surface area contributed by atoms with Gasteiger partial charge in [-0.1, -0.05) is 24.3 Å². The molecule has 134 valence electrons. The van der Waals surface area contributed by atoms with Crippen molar-refractivity contribution in [2.75, 3.05) is 28.4 Å². The van der Waals surface area contributed by atoms with Gasteiger partial charge in [0.15, 0.2) is 5.76 Å². The summed E-state index contributed by atoms with van der Waals surface area (Å²) in [7, 11) is 5.68. The van der Waals surface area contributed by atoms with Crippen molar-refractivity contribution in [2.45, 2.75) is 12.1 Å². The summed E-state index contributed by atoms with van der Waals surface area (Å²) in [6, 6.07) is 7.47. The van der Waals surface area contributed by atoms with E-state index in [9.17, 15) is 10.1 Å². The molecule has 0 heterocycles. The van der Waals surface area contributed by atoms with Gasteiger partial charge in [0, 0.05) is 7.11 Å². The first-order chi connectivity index (χ1) is 12.0. The molecule has 0 aromatic heterocycles. The molecule has 0 aliphatic heterocycles. The predicted molar refractivity (Wildman–Crippen MR) is 92.5 cm³/mol. The highest BCUT2D eigenvalue weighted by molar-refractivity contribution is 5.55. The van der Waals surface area contributed by atoms with Crippen molar-refractivity contribution < 1.29 is 23.9 Å². The van der Waals surface area contributed by atoms with Gasteiger partial charge in [-0.25, -0.2) is 0 Å². The van der Waals surface area contributed by atoms with Crippen LogP contribution in [-0.2, 0) is 14.2 Å². The lowest BCUT2D eigenvalue weighted by Crippen LogP contribution is -2.45. The predicted octanol–water partition coefficient (Wildman–Crippen LogP) is 3.16. The largest absolute Gasteiger partial charge is 0.497 e. The van der Waals surface area contributed by atoms with Gasteiger partial charge in [0.2, 0.25) is 5.76 Å². The van der Waals surface area contributed by atoms with Crippen molar-refractivity contribution in [1.82, 2.24) is 0 Å². The van der Waals surface area contributed by atoms with Crippen molar-refractivity contribution in [3.05, 3.63) is 69.2 Å². The average molecular weight is 347 g/mol. The van der Waals surface area contributed by atoms with Gasteiger partial charge in [0.05, 0.1) is 32.7 Å². The fraction of sp³-hybridized carbons (Fsp3) is 0.333. The van der Waals surface area contributed by atoms with Crippen LogP contribution in [-0.4, -0.2) is 39.1 Å². The maximum atomic E-state index is 11.7. The van der Waals surface area contributed by atoms with Crippen molar-refractivity contribution in [3.63, 3.8) is 0 Å². The van der Waals surface area contributed by atoms with Crippen LogP contribution in [0.3, 0.4) is 0 Å². The van der Waals surface area contributed by atoms with E-state index in [-0.39, 0.29) is 17.9 Å². The van der Waals surface area contributed by atoms with E-state index in [0.717, 1.165) is 11.3 Å². The monoisotopic (exact) mass is 347 g/mol. The molecule has 0 saturated heterocycles. The molecular weight excluding hydrogens is 326 g/mol. The maximum absolute atomic E-state index is 11.7. The summed E-state index contributed by atoms with van der Waals surface area (Å²) in [4.78, 5) is 11.2. The Balaban J connectivity index is 2.37. The number of hydrogen-bond acceptors (Lipinski definition) is 6. The molecule has 0 N–H and O–H groups in total. The normalized spacial score (nSPS) is 20.4. The van der Waals surface area contributed by atoms with Crippen molar-refractivity contribution in [1.29, 1.82) is 0 Å². The number of nitrogens with zero attached hydrogens (tertiary/aromatic N) is 1. The Morgan fingerprint density at radius 3 is 2.20 bits per heavy atom. The molecule has 0 spiro atoms. The quantitative estimate of drug-likeness (QED) is 0.428. The number of ether oxygens (including phenoxy) is 4. The minimum Gasteiger partial charge on any atom is -0.497 e. The van der Waals surface area contributed by atoms with Gasteiger partial charge in [-0.2, -0.15) is 0 Å². The molecule has 1 aliphatic carbocycles. The Morgan fingerprint density at radius 2 is 1.72 bits per heavy atom. The van der Waals surface area contributed by atoms with Crippen LogP contribution in [0.2, 0.25) is 0 Å². The maximum Gasteiger partial charge on any atom is 0.390 e. The second kappa shape index (κ2) is 7.85. The molecule has 0 saturated carbocycles. The zero-order valence-corrected chi connectivity index (χ0v) is 14.6. The zero-order chi connectivity index (χ0) is 18.4. The lowest BCUT2D eigenvalue weighted by Gasteiger charge is -2.29. The first-order valence-corrected chi connectivity index (χ1v) is 7.55. The first kappa shape index (κ1) is 18.5. The Bertz CT molecular complexity index is 720. The summed E-state index contributed by atoms with van der Waals surface area (Å²) in [5.41, 5.74) is -0.188. The second-order valence-corrected chi connectivity index (χ2v) is 5.35. The van der Waals surface area contributed by atoms with Crippen LogP contribution in [0.4, 0.5) is 0 Å². The Morgan fingerprint density at radius 1 is 1.04 bits per heavy atom. The van der Waals surface area contributed by atoms with Crippen LogP contribution in [0.15, 0.2) is 53.5 Å². The molecule has 0 radical (unpaired) electrons. The summed E-state index contributed by atoms with van der Waals surface area (Å²) in [6.07, 6.45) is 5.39. The van der Waals surface area contributed by atoms with Crippen molar-refractivity contribution in [2.24, 2.45) is 0 Å². The van der Waals surface area contributed by atoms with E-state index in [1.807, 2.05) is 30.3 Å². The van der Waals surface area contributed by atoms with Gasteiger partial charge in [-0.3, -0.25) is 10.1 Å². The van der Waals surface area contributed by atoms with E-state index in [4.69, 9.17) is 18.9 Å². The standard InChI is InChI=1S/C18H21NO6/c1-22-15-9-7-13(8-10-15)5-6-14-11-16(23-2)17(24-3)18(12-14,25-4)19(20)21/h5-11H,12H2,1-4H3. The van der Waals surface area contributed by atoms with E-state index in [2.05, 4.69) is 0 Å². The highest BCUT2D eigenvalue weighted by atomic mass is 16.7. The van der Waals surface area contributed by atoms with Crippen LogP contribution in [0.5, 0.6) is 5.75 Å². The number of benzene rings is 1. The van der Waals surface area contributed by atoms with E-state index in [1.54, 1.807) is 19.3 Å². The van der Waals surface area contributed by atoms with Crippen molar-refractivity contribution >= 4 is 6.08 Å². The molecule has 7 nitrogen and oxygen atoms in total. The molecule has 1 aliphatic rings. The van der Waals surface area contributed by atoms with Gasteiger partial charge in [0.1, 0.15) is 5.75 Å². The summed E-state index contributed by atoms with van der Waals surface area (Å²) >= 11 is 0. The third-order valence-corrected chi connectivity index (χ3v) is 4.00. The van der Waals surface area contributed by atoms with E-state index < -0.39 is 10.6 Å². The average Bonchev–Trinajstić information content (AvgIpc) is 2.65. The Kier molecular flexibility index (Phi) is 5.82. The van der Waals surface area contributed by atoms with Crippen molar-refractivity contribution in [3.8, 4) is 5.75 Å². The third kappa shape index (κ3) is 3.66. The van der Waals surface area contributed by atoms with Crippen LogP contribution >= 0.6 is 0 Å². The number of rotatable bonds is 7. The van der Waals surface area contributed by atoms with E-state index >= 15 is 0 Å². The SMILES string of the molecule is COC1=C(OC)C(OC)([N+](=O)[O-])CC(C=Cc2ccc(OC)cc2)=C1. The highest BCUT2D eigenvalue weighted by Crippen LogP contribution is 2.37. The molecule has 7 heteroatoms. The summed E-state index contributed by atoms with van der Waals surface area (Å²) < 4.78 is 20.8. The zero-order valence-electron chi connectivity index (χ0n) is 14.6. The molecular formula is C18H21NO6. The van der Waals surface area contributed by atoms with Crippen LogP contribution < -0.4 is 4.74 Å². The lowest BCUT2D eigenvalue weighted by molar-refractivity contribution is -0.619. The molecule has 2 rings (SSSR count). The smallest absolute Gasteiger partial charge is 0.390 e. The summed E-state index contributed by atoms with van der Waals surface area (Å²) in [6.45, 7) is 0. The second-order valence-electron chi connectivity index (χ2n) is 5.35.